The molecule has 12 heteroatoms. The summed E-state index contributed by atoms with van der Waals surface area (Å²) in [7, 11) is 0. The molecular formula is C40H59N5O7. The molecule has 2 heterocycles. The molecule has 0 saturated carbocycles. The smallest absolute Gasteiger partial charge is 0.243 e. The molecule has 0 aromatic heterocycles. The molecular weight excluding hydrogens is 662 g/mol. The zero-order chi connectivity index (χ0) is 37.7. The summed E-state index contributed by atoms with van der Waals surface area (Å²) >= 11 is 0. The van der Waals surface area contributed by atoms with Crippen LogP contribution in [0.2, 0.25) is 0 Å². The van der Waals surface area contributed by atoms with Crippen molar-refractivity contribution in [2.45, 2.75) is 109 Å². The van der Waals surface area contributed by atoms with E-state index in [2.05, 4.69) is 33.4 Å². The summed E-state index contributed by atoms with van der Waals surface area (Å²) < 4.78 is 10.8. The molecule has 4 amide bonds. The Morgan fingerprint density at radius 1 is 0.808 bits per heavy atom. The Morgan fingerprint density at radius 2 is 1.40 bits per heavy atom. The molecule has 0 radical (unpaired) electrons. The first-order valence-corrected chi connectivity index (χ1v) is 18.9. The molecule has 1 aromatic carbocycles. The predicted octanol–water partition coefficient (Wildman–Crippen LogP) is 3.01. The maximum absolute atomic E-state index is 14.1. The second kappa shape index (κ2) is 19.8. The van der Waals surface area contributed by atoms with E-state index in [1.807, 2.05) is 69.0 Å². The van der Waals surface area contributed by atoms with E-state index in [0.29, 0.717) is 58.6 Å². The lowest BCUT2D eigenvalue weighted by Crippen LogP contribution is -2.59. The summed E-state index contributed by atoms with van der Waals surface area (Å²) in [6, 6.07) is 5.70. The molecule has 0 spiro atoms. The Morgan fingerprint density at radius 3 is 2.02 bits per heavy atom. The van der Waals surface area contributed by atoms with Crippen LogP contribution in [-0.4, -0.2) is 104 Å². The Hall–Kier alpha value is -3.87. The van der Waals surface area contributed by atoms with E-state index in [4.69, 9.17) is 9.47 Å². The van der Waals surface area contributed by atoms with E-state index in [9.17, 15) is 24.0 Å². The van der Waals surface area contributed by atoms with Crippen molar-refractivity contribution in [3.05, 3.63) is 59.7 Å². The Labute approximate surface area is 308 Å². The van der Waals surface area contributed by atoms with E-state index in [1.165, 1.54) is 5.57 Å². The third-order valence-electron chi connectivity index (χ3n) is 9.67. The van der Waals surface area contributed by atoms with Crippen molar-refractivity contribution in [1.29, 1.82) is 0 Å². The van der Waals surface area contributed by atoms with Gasteiger partial charge >= 0.3 is 0 Å². The molecule has 286 valence electrons. The second-order valence-corrected chi connectivity index (χ2v) is 15.4. The monoisotopic (exact) mass is 721 g/mol. The Kier molecular flexibility index (Phi) is 15.6. The van der Waals surface area contributed by atoms with Gasteiger partial charge in [-0.25, -0.2) is 0 Å². The zero-order valence-electron chi connectivity index (χ0n) is 31.6. The van der Waals surface area contributed by atoms with Crippen molar-refractivity contribution < 1.29 is 33.4 Å². The normalized spacial score (nSPS) is 21.0. The summed E-state index contributed by atoms with van der Waals surface area (Å²) in [6.07, 6.45) is 9.91. The molecule has 5 atom stereocenters. The minimum Gasteiger partial charge on any atom is -0.379 e. The van der Waals surface area contributed by atoms with Gasteiger partial charge in [-0.2, -0.15) is 0 Å². The number of allylic oxidation sites excluding steroid dienone is 4. The third-order valence-corrected chi connectivity index (χ3v) is 9.67. The average Bonchev–Trinajstić information content (AvgIpc) is 3.87. The maximum Gasteiger partial charge on any atom is 0.243 e. The molecule has 1 aromatic rings. The van der Waals surface area contributed by atoms with Gasteiger partial charge in [-0.1, -0.05) is 81.8 Å². The highest BCUT2D eigenvalue weighted by Crippen LogP contribution is 2.29. The van der Waals surface area contributed by atoms with Gasteiger partial charge in [-0.05, 0) is 62.8 Å². The number of carbonyl (C=O) groups excluding carboxylic acids is 5. The van der Waals surface area contributed by atoms with Gasteiger partial charge in [0.15, 0.2) is 5.78 Å². The van der Waals surface area contributed by atoms with Crippen LogP contribution in [0, 0.1) is 11.8 Å². The second-order valence-electron chi connectivity index (χ2n) is 15.4. The van der Waals surface area contributed by atoms with E-state index in [0.717, 1.165) is 18.4 Å². The lowest BCUT2D eigenvalue weighted by Gasteiger charge is -2.29. The van der Waals surface area contributed by atoms with E-state index in [-0.39, 0.29) is 36.5 Å². The van der Waals surface area contributed by atoms with Gasteiger partial charge in [0.25, 0.3) is 0 Å². The van der Waals surface area contributed by atoms with Crippen LogP contribution in [0.1, 0.15) is 78.7 Å². The molecule has 2 fully saturated rings. The molecule has 1 aliphatic carbocycles. The summed E-state index contributed by atoms with van der Waals surface area (Å²) in [5, 5.41) is 11.7. The molecule has 4 rings (SSSR count). The van der Waals surface area contributed by atoms with Gasteiger partial charge in [0.1, 0.15) is 23.7 Å². The first-order chi connectivity index (χ1) is 24.8. The topological polar surface area (TPSA) is 158 Å². The Bertz CT molecular complexity index is 1430. The number of morpholine rings is 1. The van der Waals surface area contributed by atoms with Crippen LogP contribution in [0.4, 0.5) is 0 Å². The summed E-state index contributed by atoms with van der Waals surface area (Å²) in [4.78, 5) is 70.5. The number of hydrogen-bond donors (Lipinski definition) is 4. The highest BCUT2D eigenvalue weighted by Gasteiger charge is 2.50. The first-order valence-electron chi connectivity index (χ1n) is 18.9. The molecule has 2 aliphatic heterocycles. The molecule has 0 unspecified atom stereocenters. The van der Waals surface area contributed by atoms with Gasteiger partial charge < -0.3 is 30.7 Å². The predicted molar refractivity (Wildman–Crippen MR) is 199 cm³/mol. The lowest BCUT2D eigenvalue weighted by molar-refractivity contribution is -0.135. The SMILES string of the molecule is CC(C)C[C@H](NC(=O)[C@H](CCC1=CC=CCC1)NC(=O)CN1CCOCC1)C(=O)N[C@@H](Cc1ccccc1)C(=O)N[C@@H](CC(C)C)C(=O)[C@@]1(C)CO1. The Balaban J connectivity index is 1.50. The fourth-order valence-corrected chi connectivity index (χ4v) is 6.56. The van der Waals surface area contributed by atoms with Crippen LogP contribution in [0.5, 0.6) is 0 Å². The van der Waals surface area contributed by atoms with Crippen molar-refractivity contribution in [3.8, 4) is 0 Å². The highest BCUT2D eigenvalue weighted by atomic mass is 16.6. The number of nitrogens with one attached hydrogen (secondary N) is 4. The van der Waals surface area contributed by atoms with E-state index in [1.54, 1.807) is 6.92 Å². The largest absolute Gasteiger partial charge is 0.379 e. The summed E-state index contributed by atoms with van der Waals surface area (Å²) in [5.41, 5.74) is 1.10. The van der Waals surface area contributed by atoms with Crippen LogP contribution in [-0.2, 0) is 39.9 Å². The number of Topliss-reactive ketones (excluding diaryl/α,β-unsaturated/α-hetero) is 1. The van der Waals surface area contributed by atoms with Crippen molar-refractivity contribution in [2.24, 2.45) is 11.8 Å². The number of carbonyl (C=O) groups is 5. The number of rotatable bonds is 20. The van der Waals surface area contributed by atoms with Crippen molar-refractivity contribution in [1.82, 2.24) is 26.2 Å². The van der Waals surface area contributed by atoms with Gasteiger partial charge in [0.2, 0.25) is 23.6 Å². The van der Waals surface area contributed by atoms with Crippen LogP contribution >= 0.6 is 0 Å². The molecule has 2 saturated heterocycles. The van der Waals surface area contributed by atoms with Crippen molar-refractivity contribution in [3.63, 3.8) is 0 Å². The average molecular weight is 722 g/mol. The minimum absolute atomic E-state index is 0.0262. The standard InChI is InChI=1S/C40H59N5O7/c1-27(2)22-32(36(47)40(5)26-52-40)42-39(50)34(24-30-14-10-7-11-15-30)44-38(49)33(23-28(3)4)43-37(48)31(17-16-29-12-8-6-9-13-29)41-35(46)25-45-18-20-51-21-19-45/h6-8,10-12,14-15,27-28,31-34H,9,13,16-26H2,1-5H3,(H,41,46)(H,42,50)(H,43,48)(H,44,49)/t31-,32-,33-,34-,40+/m0/s1. The summed E-state index contributed by atoms with van der Waals surface area (Å²) in [6.45, 7) is 12.4. The van der Waals surface area contributed by atoms with Gasteiger partial charge in [0.05, 0.1) is 32.4 Å². The van der Waals surface area contributed by atoms with E-state index >= 15 is 0 Å². The number of ketones is 1. The zero-order valence-corrected chi connectivity index (χ0v) is 31.6. The molecule has 52 heavy (non-hydrogen) atoms. The van der Waals surface area contributed by atoms with E-state index < -0.39 is 47.5 Å². The van der Waals surface area contributed by atoms with Crippen LogP contribution < -0.4 is 21.3 Å². The van der Waals surface area contributed by atoms with Crippen LogP contribution in [0.25, 0.3) is 0 Å². The molecule has 3 aliphatic rings. The van der Waals surface area contributed by atoms with Gasteiger partial charge in [-0.3, -0.25) is 28.9 Å². The highest BCUT2D eigenvalue weighted by molar-refractivity contribution is 5.98. The number of ether oxygens (including phenoxy) is 2. The molecule has 4 N–H and O–H groups in total. The van der Waals surface area contributed by atoms with Crippen molar-refractivity contribution >= 4 is 29.4 Å². The van der Waals surface area contributed by atoms with Gasteiger partial charge in [0, 0.05) is 19.5 Å². The van der Waals surface area contributed by atoms with Crippen LogP contribution in [0.15, 0.2) is 54.1 Å². The fraction of sp³-hybridized carbons (Fsp3) is 0.625. The number of benzene rings is 1. The maximum atomic E-state index is 14.1. The summed E-state index contributed by atoms with van der Waals surface area (Å²) in [5.74, 6) is -1.76. The number of epoxide rings is 1. The molecule has 12 nitrogen and oxygen atoms in total. The van der Waals surface area contributed by atoms with Crippen LogP contribution in [0.3, 0.4) is 0 Å². The van der Waals surface area contributed by atoms with Gasteiger partial charge in [-0.15, -0.1) is 0 Å². The minimum atomic E-state index is -1.02. The lowest BCUT2D eigenvalue weighted by atomic mass is 9.93. The first kappa shape index (κ1) is 40.9. The number of hydrogen-bond acceptors (Lipinski definition) is 8. The quantitative estimate of drug-likeness (QED) is 0.150. The van der Waals surface area contributed by atoms with Crippen molar-refractivity contribution in [2.75, 3.05) is 39.5 Å². The number of nitrogens with zero attached hydrogens (tertiary/aromatic N) is 1. The third kappa shape index (κ3) is 13.3. The number of amides is 4. The fourth-order valence-electron chi connectivity index (χ4n) is 6.56. The molecule has 0 bridgehead atoms.